The minimum atomic E-state index is -0.00600. The fraction of sp³-hybridized carbons (Fsp3) is 0.400. The predicted octanol–water partition coefficient (Wildman–Crippen LogP) is 5.48. The molecule has 3 rings (SSSR count). The van der Waals surface area contributed by atoms with E-state index in [1.807, 2.05) is 0 Å². The molecule has 1 atom stereocenters. The summed E-state index contributed by atoms with van der Waals surface area (Å²) >= 11 is 0. The van der Waals surface area contributed by atoms with Crippen LogP contribution in [-0.4, -0.2) is 0 Å². The maximum Gasteiger partial charge on any atom is 0.0717 e. The van der Waals surface area contributed by atoms with Gasteiger partial charge in [0.15, 0.2) is 0 Å². The topological polar surface area (TPSA) is 12.0 Å². The molecular weight excluding hydrogens is 254 g/mol. The second-order valence-corrected chi connectivity index (χ2v) is 6.67. The molecule has 21 heavy (non-hydrogen) atoms. The minimum Gasteiger partial charge on any atom is -0.374 e. The third-order valence-electron chi connectivity index (χ3n) is 5.19. The second kappa shape index (κ2) is 5.22. The molecule has 0 aliphatic carbocycles. The SMILES string of the molecule is CCCCC1(c2ccccc2)Nc2ccccc2C1(C)C. The Morgan fingerprint density at radius 2 is 1.57 bits per heavy atom. The monoisotopic (exact) mass is 279 g/mol. The van der Waals surface area contributed by atoms with Gasteiger partial charge in [0.2, 0.25) is 0 Å². The van der Waals surface area contributed by atoms with Crippen LogP contribution < -0.4 is 5.32 Å². The second-order valence-electron chi connectivity index (χ2n) is 6.67. The van der Waals surface area contributed by atoms with Gasteiger partial charge in [-0.15, -0.1) is 0 Å². The highest BCUT2D eigenvalue weighted by atomic mass is 15.0. The molecule has 1 nitrogen and oxygen atoms in total. The molecule has 1 aliphatic heterocycles. The maximum absolute atomic E-state index is 3.89. The highest BCUT2D eigenvalue weighted by molar-refractivity contribution is 5.65. The Balaban J connectivity index is 2.14. The highest BCUT2D eigenvalue weighted by Crippen LogP contribution is 2.54. The number of para-hydroxylation sites is 1. The lowest BCUT2D eigenvalue weighted by Gasteiger charge is -2.43. The van der Waals surface area contributed by atoms with E-state index in [1.165, 1.54) is 29.7 Å². The van der Waals surface area contributed by atoms with Crippen LogP contribution in [-0.2, 0) is 11.0 Å². The predicted molar refractivity (Wildman–Crippen MR) is 90.7 cm³/mol. The quantitative estimate of drug-likeness (QED) is 0.782. The van der Waals surface area contributed by atoms with Crippen LogP contribution in [0.15, 0.2) is 54.6 Å². The number of anilines is 1. The summed E-state index contributed by atoms with van der Waals surface area (Å²) in [7, 11) is 0. The Morgan fingerprint density at radius 1 is 0.905 bits per heavy atom. The van der Waals surface area contributed by atoms with Gasteiger partial charge in [0.05, 0.1) is 5.54 Å². The number of unbranched alkanes of at least 4 members (excludes halogenated alkanes) is 1. The summed E-state index contributed by atoms with van der Waals surface area (Å²) in [6.07, 6.45) is 3.62. The molecule has 110 valence electrons. The fourth-order valence-corrected chi connectivity index (χ4v) is 3.87. The number of nitrogens with one attached hydrogen (secondary N) is 1. The average molecular weight is 279 g/mol. The Kier molecular flexibility index (Phi) is 3.52. The van der Waals surface area contributed by atoms with E-state index in [1.54, 1.807) is 0 Å². The van der Waals surface area contributed by atoms with E-state index >= 15 is 0 Å². The molecule has 0 amide bonds. The zero-order valence-electron chi connectivity index (χ0n) is 13.3. The number of hydrogen-bond donors (Lipinski definition) is 1. The van der Waals surface area contributed by atoms with E-state index in [2.05, 4.69) is 80.7 Å². The van der Waals surface area contributed by atoms with Crippen molar-refractivity contribution >= 4 is 5.69 Å². The van der Waals surface area contributed by atoms with Crippen molar-refractivity contribution in [2.75, 3.05) is 5.32 Å². The van der Waals surface area contributed by atoms with E-state index in [4.69, 9.17) is 0 Å². The van der Waals surface area contributed by atoms with Crippen LogP contribution in [0, 0.1) is 0 Å². The van der Waals surface area contributed by atoms with Crippen LogP contribution in [0.4, 0.5) is 5.69 Å². The molecule has 0 spiro atoms. The van der Waals surface area contributed by atoms with E-state index in [9.17, 15) is 0 Å². The van der Waals surface area contributed by atoms with Gasteiger partial charge in [-0.2, -0.15) is 0 Å². The minimum absolute atomic E-state index is 0.00600. The highest BCUT2D eigenvalue weighted by Gasteiger charge is 2.52. The first kappa shape index (κ1) is 14.2. The smallest absolute Gasteiger partial charge is 0.0717 e. The molecule has 1 heteroatoms. The van der Waals surface area contributed by atoms with Gasteiger partial charge in [-0.25, -0.2) is 0 Å². The van der Waals surface area contributed by atoms with Crippen LogP contribution >= 0.6 is 0 Å². The lowest BCUT2D eigenvalue weighted by molar-refractivity contribution is 0.282. The molecule has 1 aliphatic rings. The van der Waals surface area contributed by atoms with Gasteiger partial charge in [-0.05, 0) is 23.6 Å². The normalized spacial score (nSPS) is 22.6. The first-order valence-electron chi connectivity index (χ1n) is 8.05. The Bertz CT molecular complexity index is 615. The summed E-state index contributed by atoms with van der Waals surface area (Å²) < 4.78 is 0. The summed E-state index contributed by atoms with van der Waals surface area (Å²) in [6, 6.07) is 19.7. The van der Waals surface area contributed by atoms with Gasteiger partial charge in [0, 0.05) is 11.1 Å². The first-order valence-corrected chi connectivity index (χ1v) is 8.05. The van der Waals surface area contributed by atoms with Gasteiger partial charge in [-0.3, -0.25) is 0 Å². The van der Waals surface area contributed by atoms with Crippen molar-refractivity contribution in [2.45, 2.75) is 51.0 Å². The molecule has 2 aromatic carbocycles. The Labute approximate surface area is 128 Å². The number of benzene rings is 2. The summed E-state index contributed by atoms with van der Waals surface area (Å²) in [4.78, 5) is 0. The Hall–Kier alpha value is -1.76. The van der Waals surface area contributed by atoms with Gasteiger partial charge in [-0.1, -0.05) is 82.1 Å². The lowest BCUT2D eigenvalue weighted by Crippen LogP contribution is -2.46. The zero-order valence-corrected chi connectivity index (χ0v) is 13.3. The molecule has 0 radical (unpaired) electrons. The molecule has 1 heterocycles. The molecule has 0 saturated heterocycles. The molecule has 0 bridgehead atoms. The largest absolute Gasteiger partial charge is 0.374 e. The van der Waals surface area contributed by atoms with Gasteiger partial charge in [0.25, 0.3) is 0 Å². The van der Waals surface area contributed by atoms with E-state index < -0.39 is 0 Å². The summed E-state index contributed by atoms with van der Waals surface area (Å²) in [6.45, 7) is 7.04. The van der Waals surface area contributed by atoms with Gasteiger partial charge < -0.3 is 5.32 Å². The number of fused-ring (bicyclic) bond motifs is 1. The standard InChI is InChI=1S/C20H25N/c1-4-5-15-20(16-11-7-6-8-12-16)19(2,3)17-13-9-10-14-18(17)21-20/h6-14,21H,4-5,15H2,1-3H3. The van der Waals surface area contributed by atoms with Crippen LogP contribution in [0.25, 0.3) is 0 Å². The van der Waals surface area contributed by atoms with Crippen molar-refractivity contribution in [1.29, 1.82) is 0 Å². The molecule has 2 aromatic rings. The first-order chi connectivity index (χ1) is 10.1. The molecule has 0 aromatic heterocycles. The van der Waals surface area contributed by atoms with Crippen LogP contribution in [0.2, 0.25) is 0 Å². The number of hydrogen-bond acceptors (Lipinski definition) is 1. The summed E-state index contributed by atoms with van der Waals surface area (Å²) in [5.74, 6) is 0. The molecule has 1 N–H and O–H groups in total. The molecular formula is C20H25N. The maximum atomic E-state index is 3.89. The fourth-order valence-electron chi connectivity index (χ4n) is 3.87. The van der Waals surface area contributed by atoms with Crippen molar-refractivity contribution in [3.63, 3.8) is 0 Å². The van der Waals surface area contributed by atoms with Gasteiger partial charge >= 0.3 is 0 Å². The van der Waals surface area contributed by atoms with Crippen LogP contribution in [0.5, 0.6) is 0 Å². The van der Waals surface area contributed by atoms with Crippen LogP contribution in [0.3, 0.4) is 0 Å². The zero-order chi connectivity index (χ0) is 14.9. The van der Waals surface area contributed by atoms with Crippen molar-refractivity contribution in [3.05, 3.63) is 65.7 Å². The van der Waals surface area contributed by atoms with Gasteiger partial charge in [0.1, 0.15) is 0 Å². The average Bonchev–Trinajstić information content (AvgIpc) is 2.75. The molecule has 0 fully saturated rings. The van der Waals surface area contributed by atoms with E-state index in [0.29, 0.717) is 0 Å². The molecule has 1 unspecified atom stereocenters. The van der Waals surface area contributed by atoms with E-state index in [0.717, 1.165) is 6.42 Å². The van der Waals surface area contributed by atoms with E-state index in [-0.39, 0.29) is 11.0 Å². The third kappa shape index (κ3) is 2.07. The van der Waals surface area contributed by atoms with Crippen molar-refractivity contribution in [1.82, 2.24) is 0 Å². The number of rotatable bonds is 4. The van der Waals surface area contributed by atoms with Crippen molar-refractivity contribution in [2.24, 2.45) is 0 Å². The molecule has 0 saturated carbocycles. The van der Waals surface area contributed by atoms with Crippen molar-refractivity contribution in [3.8, 4) is 0 Å². The Morgan fingerprint density at radius 3 is 2.24 bits per heavy atom. The summed E-state index contributed by atoms with van der Waals surface area (Å²) in [5.41, 5.74) is 4.21. The van der Waals surface area contributed by atoms with Crippen molar-refractivity contribution < 1.29 is 0 Å². The lowest BCUT2D eigenvalue weighted by atomic mass is 9.65. The summed E-state index contributed by atoms with van der Waals surface area (Å²) in [5, 5.41) is 3.89. The van der Waals surface area contributed by atoms with Crippen LogP contribution in [0.1, 0.15) is 51.2 Å². The third-order valence-corrected chi connectivity index (χ3v) is 5.19.